The van der Waals surface area contributed by atoms with Crippen LogP contribution >= 0.6 is 11.3 Å². The molecule has 0 aliphatic carbocycles. The first-order valence-corrected chi connectivity index (χ1v) is 13.4. The Hall–Kier alpha value is -4.47. The molecule has 0 spiro atoms. The summed E-state index contributed by atoms with van der Waals surface area (Å²) in [4.78, 5) is 4.99. The smallest absolute Gasteiger partial charge is 0.0943 e. The molecule has 1 aromatic heterocycles. The van der Waals surface area contributed by atoms with E-state index in [0.29, 0.717) is 0 Å². The van der Waals surface area contributed by atoms with E-state index in [9.17, 15) is 0 Å². The molecule has 1 unspecified atom stereocenters. The second-order valence-corrected chi connectivity index (χ2v) is 10.7. The molecule has 2 heterocycles. The summed E-state index contributed by atoms with van der Waals surface area (Å²) in [6, 6.07) is 41.5. The molecular weight excluding hydrogens is 468 g/mol. The van der Waals surface area contributed by atoms with Crippen LogP contribution in [0, 0.1) is 0 Å². The Kier molecular flexibility index (Phi) is 4.49. The molecule has 2 nitrogen and oxygen atoms in total. The van der Waals surface area contributed by atoms with Gasteiger partial charge in [-0.3, -0.25) is 4.99 Å². The van der Waals surface area contributed by atoms with E-state index in [1.165, 1.54) is 58.4 Å². The van der Waals surface area contributed by atoms with Gasteiger partial charge >= 0.3 is 0 Å². The van der Waals surface area contributed by atoms with Crippen molar-refractivity contribution in [2.45, 2.75) is 6.04 Å². The summed E-state index contributed by atoms with van der Waals surface area (Å²) in [6.07, 6.45) is 2.05. The second kappa shape index (κ2) is 8.02. The molecule has 1 aliphatic rings. The van der Waals surface area contributed by atoms with Crippen LogP contribution in [0.1, 0.15) is 11.6 Å². The Morgan fingerprint density at radius 2 is 1.22 bits per heavy atom. The zero-order chi connectivity index (χ0) is 24.3. The predicted molar refractivity (Wildman–Crippen MR) is 161 cm³/mol. The quantitative estimate of drug-likeness (QED) is 0.240. The summed E-state index contributed by atoms with van der Waals surface area (Å²) >= 11 is 1.88. The largest absolute Gasteiger partial charge is 0.371 e. The van der Waals surface area contributed by atoms with E-state index in [-0.39, 0.29) is 6.04 Å². The van der Waals surface area contributed by atoms with E-state index in [1.807, 2.05) is 17.6 Å². The van der Waals surface area contributed by atoms with Crippen molar-refractivity contribution in [2.24, 2.45) is 4.99 Å². The number of aliphatic imine (C=N–C) groups is 1. The number of rotatable bonds is 2. The monoisotopic (exact) mass is 490 g/mol. The zero-order valence-electron chi connectivity index (χ0n) is 20.0. The zero-order valence-corrected chi connectivity index (χ0v) is 20.8. The molecule has 0 amide bonds. The third-order valence-electron chi connectivity index (χ3n) is 7.54. The van der Waals surface area contributed by atoms with Crippen LogP contribution in [0.15, 0.2) is 120 Å². The highest BCUT2D eigenvalue weighted by Gasteiger charge is 2.21. The molecule has 0 radical (unpaired) electrons. The van der Waals surface area contributed by atoms with Crippen molar-refractivity contribution in [2.75, 3.05) is 5.32 Å². The molecular formula is C34H22N2S. The van der Waals surface area contributed by atoms with E-state index in [2.05, 4.69) is 121 Å². The Morgan fingerprint density at radius 1 is 0.568 bits per heavy atom. The summed E-state index contributed by atoms with van der Waals surface area (Å²) in [6.45, 7) is 0. The lowest BCUT2D eigenvalue weighted by Gasteiger charge is -2.25. The van der Waals surface area contributed by atoms with Gasteiger partial charge in [0.15, 0.2) is 0 Å². The van der Waals surface area contributed by atoms with Crippen molar-refractivity contribution in [3.05, 3.63) is 121 Å². The summed E-state index contributed by atoms with van der Waals surface area (Å²) in [5, 5.41) is 11.4. The minimum Gasteiger partial charge on any atom is -0.371 e. The van der Waals surface area contributed by atoms with Crippen LogP contribution in [0.3, 0.4) is 0 Å². The molecule has 6 aromatic carbocycles. The van der Waals surface area contributed by atoms with E-state index < -0.39 is 0 Å². The number of anilines is 1. The third kappa shape index (κ3) is 3.14. The second-order valence-electron chi connectivity index (χ2n) is 9.62. The molecule has 37 heavy (non-hydrogen) atoms. The Labute approximate surface area is 218 Å². The number of hydrogen-bond donors (Lipinski definition) is 1. The lowest BCUT2D eigenvalue weighted by atomic mass is 9.95. The number of nitrogens with zero attached hydrogens (tertiary/aromatic N) is 1. The minimum atomic E-state index is 0.0197. The first-order chi connectivity index (χ1) is 18.3. The van der Waals surface area contributed by atoms with Crippen molar-refractivity contribution in [3.8, 4) is 11.1 Å². The highest BCUT2D eigenvalue weighted by atomic mass is 32.1. The van der Waals surface area contributed by atoms with Crippen LogP contribution in [-0.2, 0) is 0 Å². The third-order valence-corrected chi connectivity index (χ3v) is 8.76. The molecule has 8 rings (SSSR count). The molecule has 7 aromatic rings. The predicted octanol–water partition coefficient (Wildman–Crippen LogP) is 9.90. The first-order valence-electron chi connectivity index (χ1n) is 12.6. The summed E-state index contributed by atoms with van der Waals surface area (Å²) in [5.41, 5.74) is 5.88. The Morgan fingerprint density at radius 3 is 2.03 bits per heavy atom. The van der Waals surface area contributed by atoms with Crippen molar-refractivity contribution in [1.82, 2.24) is 0 Å². The van der Waals surface area contributed by atoms with Gasteiger partial charge in [-0.2, -0.15) is 0 Å². The van der Waals surface area contributed by atoms with Crippen LogP contribution in [-0.4, -0.2) is 6.21 Å². The van der Waals surface area contributed by atoms with Gasteiger partial charge in [0.25, 0.3) is 0 Å². The molecule has 0 bridgehead atoms. The maximum atomic E-state index is 4.99. The van der Waals surface area contributed by atoms with Gasteiger partial charge in [0, 0.05) is 37.2 Å². The van der Waals surface area contributed by atoms with Gasteiger partial charge in [-0.25, -0.2) is 0 Å². The number of nitrogens with one attached hydrogen (secondary N) is 1. The lowest BCUT2D eigenvalue weighted by molar-refractivity contribution is 1.05. The van der Waals surface area contributed by atoms with Crippen LogP contribution < -0.4 is 5.32 Å². The van der Waals surface area contributed by atoms with E-state index in [1.54, 1.807) is 0 Å². The average Bonchev–Trinajstić information content (AvgIpc) is 3.36. The van der Waals surface area contributed by atoms with Gasteiger partial charge < -0.3 is 5.32 Å². The van der Waals surface area contributed by atoms with Crippen molar-refractivity contribution in [3.63, 3.8) is 0 Å². The van der Waals surface area contributed by atoms with Gasteiger partial charge in [0.05, 0.1) is 17.4 Å². The van der Waals surface area contributed by atoms with Gasteiger partial charge in [-0.1, -0.05) is 109 Å². The van der Waals surface area contributed by atoms with Crippen molar-refractivity contribution >= 4 is 70.6 Å². The maximum Gasteiger partial charge on any atom is 0.0943 e. The fourth-order valence-electron chi connectivity index (χ4n) is 5.76. The van der Waals surface area contributed by atoms with Crippen molar-refractivity contribution in [1.29, 1.82) is 0 Å². The fraction of sp³-hybridized carbons (Fsp3) is 0.0294. The Bertz CT molecular complexity index is 2010. The summed E-state index contributed by atoms with van der Waals surface area (Å²) < 4.78 is 2.68. The topological polar surface area (TPSA) is 24.4 Å². The molecule has 0 fully saturated rings. The molecule has 0 saturated heterocycles. The summed E-state index contributed by atoms with van der Waals surface area (Å²) in [7, 11) is 0. The lowest BCUT2D eigenvalue weighted by Crippen LogP contribution is -2.15. The molecule has 1 N–H and O–H groups in total. The van der Waals surface area contributed by atoms with Crippen LogP contribution in [0.25, 0.3) is 52.8 Å². The average molecular weight is 491 g/mol. The normalized spacial score (nSPS) is 14.9. The first kappa shape index (κ1) is 20.7. The van der Waals surface area contributed by atoms with Gasteiger partial charge in [0.1, 0.15) is 0 Å². The SMILES string of the molecule is C1=Nc2c(c3ccccc3c3ccccc23)NC1c1ccc(-c2cccc3c2sc2ccccc23)cc1. The van der Waals surface area contributed by atoms with E-state index in [4.69, 9.17) is 4.99 Å². The highest BCUT2D eigenvalue weighted by Crippen LogP contribution is 2.45. The van der Waals surface area contributed by atoms with Crippen LogP contribution in [0.2, 0.25) is 0 Å². The number of fused-ring (bicyclic) bond motifs is 9. The molecule has 1 aliphatic heterocycles. The van der Waals surface area contributed by atoms with Crippen molar-refractivity contribution < 1.29 is 0 Å². The highest BCUT2D eigenvalue weighted by molar-refractivity contribution is 7.26. The van der Waals surface area contributed by atoms with E-state index >= 15 is 0 Å². The standard InChI is InChI=1S/C34H22N2S/c1-3-11-27-24(8-1)25-9-2-4-12-28(25)33-32(27)35-20-30(36-33)22-18-16-21(17-19-22)23-13-7-14-29-26-10-5-6-15-31(26)37-34(23)29/h1-20,30,36H. The van der Waals surface area contributed by atoms with Crippen LogP contribution in [0.4, 0.5) is 11.4 Å². The molecule has 174 valence electrons. The molecule has 1 atom stereocenters. The Balaban J connectivity index is 1.20. The van der Waals surface area contributed by atoms with Gasteiger partial charge in [-0.05, 0) is 33.5 Å². The van der Waals surface area contributed by atoms with Crippen LogP contribution in [0.5, 0.6) is 0 Å². The van der Waals surface area contributed by atoms with E-state index in [0.717, 1.165) is 11.4 Å². The van der Waals surface area contributed by atoms with Gasteiger partial charge in [-0.15, -0.1) is 11.3 Å². The minimum absolute atomic E-state index is 0.0197. The maximum absolute atomic E-state index is 4.99. The summed E-state index contributed by atoms with van der Waals surface area (Å²) in [5.74, 6) is 0. The fourth-order valence-corrected chi connectivity index (χ4v) is 7.00. The number of hydrogen-bond acceptors (Lipinski definition) is 3. The molecule has 3 heteroatoms. The molecule has 0 saturated carbocycles. The van der Waals surface area contributed by atoms with Gasteiger partial charge in [0.2, 0.25) is 0 Å². The number of thiophene rings is 1. The number of benzene rings is 6.